The van der Waals surface area contributed by atoms with Crippen LogP contribution in [0.2, 0.25) is 0 Å². The van der Waals surface area contributed by atoms with Crippen LogP contribution in [0, 0.1) is 5.92 Å². The fourth-order valence-corrected chi connectivity index (χ4v) is 3.92. The third kappa shape index (κ3) is 3.67. The van der Waals surface area contributed by atoms with Crippen molar-refractivity contribution in [1.29, 1.82) is 0 Å². The normalized spacial score (nSPS) is 33.2. The minimum absolute atomic E-state index is 0.423. The molecule has 3 rings (SSSR count). The molecule has 0 spiro atoms. The Morgan fingerprint density at radius 3 is 2.71 bits per heavy atom. The van der Waals surface area contributed by atoms with E-state index in [9.17, 15) is 5.11 Å². The summed E-state index contributed by atoms with van der Waals surface area (Å²) in [6.45, 7) is 3.05. The van der Waals surface area contributed by atoms with Crippen molar-refractivity contribution in [2.75, 3.05) is 6.54 Å². The first-order valence-corrected chi connectivity index (χ1v) is 8.70. The van der Waals surface area contributed by atoms with Gasteiger partial charge in [0.15, 0.2) is 0 Å². The lowest BCUT2D eigenvalue weighted by Crippen LogP contribution is -2.44. The van der Waals surface area contributed by atoms with Crippen molar-refractivity contribution >= 4 is 0 Å². The fraction of sp³-hybridized carbons (Fsp3) is 0.684. The van der Waals surface area contributed by atoms with Crippen molar-refractivity contribution < 1.29 is 5.11 Å². The Morgan fingerprint density at radius 2 is 1.90 bits per heavy atom. The lowest BCUT2D eigenvalue weighted by molar-refractivity contribution is -0.00842. The molecule has 0 radical (unpaired) electrons. The second kappa shape index (κ2) is 6.50. The van der Waals surface area contributed by atoms with Gasteiger partial charge >= 0.3 is 0 Å². The van der Waals surface area contributed by atoms with E-state index in [1.165, 1.54) is 49.7 Å². The van der Waals surface area contributed by atoms with Gasteiger partial charge in [-0.15, -0.1) is 0 Å². The van der Waals surface area contributed by atoms with Gasteiger partial charge in [-0.3, -0.25) is 0 Å². The van der Waals surface area contributed by atoms with E-state index in [4.69, 9.17) is 0 Å². The van der Waals surface area contributed by atoms with Crippen LogP contribution in [-0.2, 0) is 6.42 Å². The quantitative estimate of drug-likeness (QED) is 0.824. The van der Waals surface area contributed by atoms with Gasteiger partial charge in [0.2, 0.25) is 0 Å². The maximum atomic E-state index is 10.8. The average molecular weight is 287 g/mol. The second-order valence-corrected chi connectivity index (χ2v) is 7.28. The van der Waals surface area contributed by atoms with Crippen LogP contribution in [0.3, 0.4) is 0 Å². The molecule has 0 aromatic heterocycles. The van der Waals surface area contributed by atoms with Crippen LogP contribution in [0.1, 0.15) is 69.0 Å². The lowest BCUT2D eigenvalue weighted by atomic mass is 9.79. The second-order valence-electron chi connectivity index (χ2n) is 7.28. The van der Waals surface area contributed by atoms with E-state index >= 15 is 0 Å². The summed E-state index contributed by atoms with van der Waals surface area (Å²) in [6, 6.07) is 9.26. The summed E-state index contributed by atoms with van der Waals surface area (Å²) in [5.41, 5.74) is 2.48. The van der Waals surface area contributed by atoms with Crippen LogP contribution in [-0.4, -0.2) is 17.3 Å². The molecule has 116 valence electrons. The summed E-state index contributed by atoms with van der Waals surface area (Å²) < 4.78 is 0. The molecule has 1 aromatic rings. The molecule has 0 amide bonds. The van der Waals surface area contributed by atoms with E-state index < -0.39 is 5.60 Å². The van der Waals surface area contributed by atoms with E-state index in [1.807, 2.05) is 0 Å². The van der Waals surface area contributed by atoms with E-state index in [0.717, 1.165) is 25.3 Å². The Labute approximate surface area is 129 Å². The number of hydrogen-bond acceptors (Lipinski definition) is 2. The largest absolute Gasteiger partial charge is 0.389 e. The van der Waals surface area contributed by atoms with Crippen molar-refractivity contribution in [3.05, 3.63) is 35.4 Å². The summed E-state index contributed by atoms with van der Waals surface area (Å²) in [6.07, 6.45) is 9.21. The monoisotopic (exact) mass is 287 g/mol. The van der Waals surface area contributed by atoms with Crippen LogP contribution in [0.15, 0.2) is 24.3 Å². The predicted octanol–water partition coefficient (Wildman–Crippen LogP) is 3.98. The van der Waals surface area contributed by atoms with Gasteiger partial charge in [0.1, 0.15) is 0 Å². The van der Waals surface area contributed by atoms with Crippen molar-refractivity contribution in [3.63, 3.8) is 0 Å². The molecular weight excluding hydrogens is 258 g/mol. The Morgan fingerprint density at radius 1 is 1.14 bits per heavy atom. The van der Waals surface area contributed by atoms with Crippen molar-refractivity contribution in [1.82, 2.24) is 5.32 Å². The molecule has 1 atom stereocenters. The highest BCUT2D eigenvalue weighted by Crippen LogP contribution is 2.33. The summed E-state index contributed by atoms with van der Waals surface area (Å²) in [5.74, 6) is 0.781. The molecule has 2 heteroatoms. The highest BCUT2D eigenvalue weighted by molar-refractivity contribution is 5.31. The molecule has 0 bridgehead atoms. The fourth-order valence-electron chi connectivity index (χ4n) is 3.92. The number of hydrogen-bond donors (Lipinski definition) is 2. The van der Waals surface area contributed by atoms with Crippen molar-refractivity contribution in [2.45, 2.75) is 69.9 Å². The average Bonchev–Trinajstić information content (AvgIpc) is 2.71. The molecule has 1 aromatic carbocycles. The van der Waals surface area contributed by atoms with Gasteiger partial charge < -0.3 is 10.4 Å². The van der Waals surface area contributed by atoms with Crippen LogP contribution in [0.4, 0.5) is 0 Å². The SMILES string of the molecule is CC1CCC(O)(CNC2CCCCc3ccccc32)CC1. The minimum Gasteiger partial charge on any atom is -0.389 e. The molecule has 2 nitrogen and oxygen atoms in total. The molecule has 2 N–H and O–H groups in total. The molecule has 1 saturated carbocycles. The zero-order chi connectivity index (χ0) is 14.7. The summed E-state index contributed by atoms with van der Waals surface area (Å²) in [5, 5.41) is 14.5. The van der Waals surface area contributed by atoms with Gasteiger partial charge in [-0.25, -0.2) is 0 Å². The number of aryl methyl sites for hydroxylation is 1. The summed E-state index contributed by atoms with van der Waals surface area (Å²) in [7, 11) is 0. The van der Waals surface area contributed by atoms with Gasteiger partial charge in [0.25, 0.3) is 0 Å². The van der Waals surface area contributed by atoms with Crippen molar-refractivity contribution in [2.24, 2.45) is 5.92 Å². The number of benzene rings is 1. The van der Waals surface area contributed by atoms with Gasteiger partial charge in [0.05, 0.1) is 5.60 Å². The van der Waals surface area contributed by atoms with Gasteiger partial charge in [-0.05, 0) is 62.0 Å². The zero-order valence-corrected chi connectivity index (χ0v) is 13.3. The number of fused-ring (bicyclic) bond motifs is 1. The van der Waals surface area contributed by atoms with Crippen LogP contribution >= 0.6 is 0 Å². The standard InChI is InChI=1S/C19H29NO/c1-15-10-12-19(21,13-11-15)14-20-18-9-5-3-7-16-6-2-4-8-17(16)18/h2,4,6,8,15,18,20-21H,3,5,7,9-14H2,1H3. The minimum atomic E-state index is -0.478. The summed E-state index contributed by atoms with van der Waals surface area (Å²) in [4.78, 5) is 0. The molecule has 0 aliphatic heterocycles. The highest BCUT2D eigenvalue weighted by Gasteiger charge is 2.32. The first-order valence-electron chi connectivity index (χ1n) is 8.70. The Balaban J connectivity index is 1.65. The first kappa shape index (κ1) is 15.1. The molecule has 2 aliphatic rings. The Bertz CT molecular complexity index is 462. The third-order valence-corrected chi connectivity index (χ3v) is 5.50. The van der Waals surface area contributed by atoms with Gasteiger partial charge in [0, 0.05) is 12.6 Å². The Hall–Kier alpha value is -0.860. The van der Waals surface area contributed by atoms with Crippen LogP contribution < -0.4 is 5.32 Å². The van der Waals surface area contributed by atoms with Crippen molar-refractivity contribution in [3.8, 4) is 0 Å². The molecule has 21 heavy (non-hydrogen) atoms. The van der Waals surface area contributed by atoms with E-state index in [-0.39, 0.29) is 0 Å². The number of rotatable bonds is 3. The maximum Gasteiger partial charge on any atom is 0.0772 e. The van der Waals surface area contributed by atoms with Gasteiger partial charge in [-0.1, -0.05) is 37.6 Å². The topological polar surface area (TPSA) is 32.3 Å². The predicted molar refractivity (Wildman–Crippen MR) is 87.3 cm³/mol. The zero-order valence-electron chi connectivity index (χ0n) is 13.3. The molecule has 0 saturated heterocycles. The van der Waals surface area contributed by atoms with E-state index in [0.29, 0.717) is 6.04 Å². The van der Waals surface area contributed by atoms with E-state index in [2.05, 4.69) is 36.5 Å². The molecule has 1 unspecified atom stereocenters. The molecule has 2 aliphatic carbocycles. The van der Waals surface area contributed by atoms with Gasteiger partial charge in [-0.2, -0.15) is 0 Å². The van der Waals surface area contributed by atoms with Crippen LogP contribution in [0.25, 0.3) is 0 Å². The third-order valence-electron chi connectivity index (χ3n) is 5.50. The Kier molecular flexibility index (Phi) is 4.66. The maximum absolute atomic E-state index is 10.8. The lowest BCUT2D eigenvalue weighted by Gasteiger charge is -2.36. The first-order chi connectivity index (χ1) is 10.2. The number of aliphatic hydroxyl groups is 1. The molecule has 0 heterocycles. The van der Waals surface area contributed by atoms with E-state index in [1.54, 1.807) is 0 Å². The highest BCUT2D eigenvalue weighted by atomic mass is 16.3. The number of nitrogens with one attached hydrogen (secondary N) is 1. The molecule has 1 fully saturated rings. The smallest absolute Gasteiger partial charge is 0.0772 e. The molecular formula is C19H29NO. The summed E-state index contributed by atoms with van der Waals surface area (Å²) >= 11 is 0. The van der Waals surface area contributed by atoms with Crippen LogP contribution in [0.5, 0.6) is 0 Å².